The number of benzene rings is 3. The van der Waals surface area contributed by atoms with Gasteiger partial charge in [-0.1, -0.05) is 17.7 Å². The van der Waals surface area contributed by atoms with Crippen LogP contribution in [0.1, 0.15) is 94.1 Å². The highest BCUT2D eigenvalue weighted by Crippen LogP contribution is 2.46. The van der Waals surface area contributed by atoms with E-state index in [1.165, 1.54) is 0 Å². The summed E-state index contributed by atoms with van der Waals surface area (Å²) in [4.78, 5) is 90.8. The number of likely N-dealkylation sites (tertiary alicyclic amines) is 1. The third-order valence-corrected chi connectivity index (χ3v) is 13.7. The van der Waals surface area contributed by atoms with E-state index < -0.39 is 29.7 Å². The van der Waals surface area contributed by atoms with Crippen LogP contribution in [0.15, 0.2) is 54.6 Å². The number of carbonyl (C=O) groups excluding carboxylic acids is 6. The van der Waals surface area contributed by atoms with Gasteiger partial charge in [0.2, 0.25) is 23.4 Å². The summed E-state index contributed by atoms with van der Waals surface area (Å²) in [7, 11) is 0. The fourth-order valence-electron chi connectivity index (χ4n) is 10.1. The average Bonchev–Trinajstić information content (AvgIpc) is 3.87. The number of carbonyl (C=O) groups is 6. The number of fused-ring (bicyclic) bond motifs is 2. The van der Waals surface area contributed by atoms with E-state index in [1.54, 1.807) is 17.0 Å². The molecule has 0 aromatic heterocycles. The third kappa shape index (κ3) is 6.57. The summed E-state index contributed by atoms with van der Waals surface area (Å²) in [6.45, 7) is 14.0. The second-order valence-electron chi connectivity index (χ2n) is 16.8. The molecule has 4 saturated heterocycles. The fraction of sp³-hybridized carbons (Fsp3) is 0.432. The molecule has 3 aromatic carbocycles. The first-order chi connectivity index (χ1) is 27.9. The molecule has 1 spiro atoms. The van der Waals surface area contributed by atoms with Crippen molar-refractivity contribution in [2.45, 2.75) is 77.0 Å². The van der Waals surface area contributed by atoms with Crippen LogP contribution in [0, 0.1) is 17.9 Å². The number of imide groups is 2. The lowest BCUT2D eigenvalue weighted by atomic mass is 9.76. The Morgan fingerprint density at radius 3 is 2.07 bits per heavy atom. The maximum atomic E-state index is 13.7. The zero-order valence-electron chi connectivity index (χ0n) is 32.3. The zero-order valence-corrected chi connectivity index (χ0v) is 33.1. The Hall–Kier alpha value is -5.74. The lowest BCUT2D eigenvalue weighted by molar-refractivity contribution is -0.138. The van der Waals surface area contributed by atoms with Gasteiger partial charge in [0.15, 0.2) is 0 Å². The lowest BCUT2D eigenvalue weighted by Crippen LogP contribution is -2.54. The van der Waals surface area contributed by atoms with E-state index in [0.29, 0.717) is 61.3 Å². The highest BCUT2D eigenvalue weighted by Gasteiger charge is 2.47. The van der Waals surface area contributed by atoms with Crippen LogP contribution in [-0.4, -0.2) is 95.0 Å². The molecule has 0 aliphatic carbocycles. The number of piperidine rings is 3. The molecule has 0 saturated carbocycles. The minimum Gasteiger partial charge on any atom is -0.371 e. The molecule has 9 rings (SSSR count). The summed E-state index contributed by atoms with van der Waals surface area (Å²) < 4.78 is 0. The van der Waals surface area contributed by atoms with Crippen LogP contribution >= 0.6 is 11.6 Å². The van der Waals surface area contributed by atoms with Gasteiger partial charge in [-0.25, -0.2) is 4.85 Å². The largest absolute Gasteiger partial charge is 0.371 e. The molecule has 2 atom stereocenters. The molecule has 6 aliphatic rings. The van der Waals surface area contributed by atoms with Crippen molar-refractivity contribution >= 4 is 64.1 Å². The van der Waals surface area contributed by atoms with Gasteiger partial charge in [-0.2, -0.15) is 0 Å². The highest BCUT2D eigenvalue weighted by atomic mass is 35.5. The van der Waals surface area contributed by atoms with E-state index in [9.17, 15) is 28.8 Å². The summed E-state index contributed by atoms with van der Waals surface area (Å²) in [5.74, 6) is -2.47. The number of hydrogen-bond donors (Lipinski definition) is 1. The number of amides is 6. The molecule has 58 heavy (non-hydrogen) atoms. The quantitative estimate of drug-likeness (QED) is 0.262. The molecule has 1 unspecified atom stereocenters. The summed E-state index contributed by atoms with van der Waals surface area (Å²) >= 11 is 6.38. The zero-order chi connectivity index (χ0) is 40.5. The van der Waals surface area contributed by atoms with E-state index in [1.807, 2.05) is 47.4 Å². The Kier molecular flexibility index (Phi) is 9.50. The van der Waals surface area contributed by atoms with E-state index in [2.05, 4.69) is 26.9 Å². The van der Waals surface area contributed by atoms with E-state index in [0.717, 1.165) is 66.3 Å². The second-order valence-corrected chi connectivity index (χ2v) is 17.2. The van der Waals surface area contributed by atoms with Crippen LogP contribution in [0.25, 0.3) is 4.85 Å². The molecule has 1 N–H and O–H groups in total. The van der Waals surface area contributed by atoms with Gasteiger partial charge in [-0.3, -0.25) is 39.0 Å². The molecule has 3 aromatic rings. The van der Waals surface area contributed by atoms with Gasteiger partial charge in [0, 0.05) is 86.2 Å². The van der Waals surface area contributed by atoms with Crippen LogP contribution in [0.3, 0.4) is 0 Å². The molecule has 0 radical (unpaired) electrons. The van der Waals surface area contributed by atoms with Crippen molar-refractivity contribution in [1.29, 1.82) is 0 Å². The fourth-order valence-corrected chi connectivity index (χ4v) is 10.4. The van der Waals surface area contributed by atoms with Crippen molar-refractivity contribution < 1.29 is 28.8 Å². The van der Waals surface area contributed by atoms with Crippen LogP contribution in [0.2, 0.25) is 5.02 Å². The number of rotatable bonds is 5. The van der Waals surface area contributed by atoms with Crippen molar-refractivity contribution in [3.8, 4) is 0 Å². The van der Waals surface area contributed by atoms with Gasteiger partial charge >= 0.3 is 0 Å². The van der Waals surface area contributed by atoms with Crippen LogP contribution in [0.5, 0.6) is 0 Å². The van der Waals surface area contributed by atoms with Crippen molar-refractivity contribution in [3.63, 3.8) is 0 Å². The second kappa shape index (κ2) is 14.6. The monoisotopic (exact) mass is 801 g/mol. The molecule has 6 aliphatic heterocycles. The number of nitrogens with zero attached hydrogens (tertiary/aromatic N) is 6. The molecular formula is C44H44ClN7O6. The Morgan fingerprint density at radius 1 is 0.828 bits per heavy atom. The summed E-state index contributed by atoms with van der Waals surface area (Å²) in [6, 6.07) is 16.3. The first-order valence-corrected chi connectivity index (χ1v) is 20.5. The lowest BCUT2D eigenvalue weighted by Gasteiger charge is -2.40. The topological polar surface area (TPSA) is 135 Å². The molecule has 4 fully saturated rings. The Balaban J connectivity index is 0.760. The summed E-state index contributed by atoms with van der Waals surface area (Å²) in [5.41, 5.74) is 5.54. The van der Waals surface area contributed by atoms with Crippen LogP contribution < -0.4 is 15.1 Å². The van der Waals surface area contributed by atoms with E-state index in [-0.39, 0.29) is 47.1 Å². The maximum Gasteiger partial charge on any atom is 0.262 e. The van der Waals surface area contributed by atoms with Gasteiger partial charge in [-0.15, -0.1) is 0 Å². The molecule has 13 nitrogen and oxygen atoms in total. The minimum absolute atomic E-state index is 0.00150. The predicted molar refractivity (Wildman–Crippen MR) is 215 cm³/mol. The minimum atomic E-state index is -1.03. The Morgan fingerprint density at radius 2 is 1.47 bits per heavy atom. The highest BCUT2D eigenvalue weighted by molar-refractivity contribution is 6.33. The standard InChI is InChI=1S/C44H44ClN7O6/c1-26-22-44(25-51(26)32-7-8-36(46-2)35(45)21-32)13-17-48(18-14-44)31-5-3-27(4-6-31)40(55)49-15-11-28(12-16-49)41(56)50-23-29-19-33-34(20-30(29)24-50)43(58)52(42(33)57)37-9-10-38(53)47-39(37)54/h3-8,19-21,26,28,37H,9-18,22-25H2,1H3,(H,47,53,54)/t26-,37?/m0/s1. The maximum absolute atomic E-state index is 13.7. The number of nitrogens with one attached hydrogen (secondary N) is 1. The molecule has 6 heterocycles. The Bertz CT molecular complexity index is 2260. The van der Waals surface area contributed by atoms with Crippen LogP contribution in [-0.2, 0) is 27.5 Å². The van der Waals surface area contributed by atoms with Crippen molar-refractivity contribution in [1.82, 2.24) is 20.0 Å². The van der Waals surface area contributed by atoms with Crippen molar-refractivity contribution in [2.24, 2.45) is 11.3 Å². The smallest absolute Gasteiger partial charge is 0.262 e. The molecular weight excluding hydrogens is 758 g/mol. The normalized spacial score (nSPS) is 23.0. The third-order valence-electron chi connectivity index (χ3n) is 13.4. The van der Waals surface area contributed by atoms with E-state index >= 15 is 0 Å². The average molecular weight is 802 g/mol. The molecule has 0 bridgehead atoms. The van der Waals surface area contributed by atoms with Crippen molar-refractivity contribution in [3.05, 3.63) is 98.9 Å². The first-order valence-electron chi connectivity index (χ1n) is 20.2. The molecule has 298 valence electrons. The van der Waals surface area contributed by atoms with Gasteiger partial charge in [-0.05, 0) is 111 Å². The van der Waals surface area contributed by atoms with Gasteiger partial charge in [0.05, 0.1) is 17.7 Å². The summed E-state index contributed by atoms with van der Waals surface area (Å²) in [6.07, 6.45) is 4.52. The molecule has 6 amide bonds. The van der Waals surface area contributed by atoms with Crippen LogP contribution in [0.4, 0.5) is 17.1 Å². The molecule has 14 heteroatoms. The van der Waals surface area contributed by atoms with Gasteiger partial charge < -0.3 is 19.6 Å². The SMILES string of the molecule is [C-]#[N+]c1ccc(N2CC3(CCN(c4ccc(C(=O)N5CCC(C(=O)N6Cc7cc8c(cc7C6)C(=O)N(C6CCC(=O)NC6=O)C8=O)CC5)cc4)CC3)C[C@@H]2C)cc1Cl. The predicted octanol–water partition coefficient (Wildman–Crippen LogP) is 5.57. The summed E-state index contributed by atoms with van der Waals surface area (Å²) in [5, 5.41) is 2.71. The number of anilines is 2. The first kappa shape index (κ1) is 37.8. The van der Waals surface area contributed by atoms with Crippen molar-refractivity contribution in [2.75, 3.05) is 42.5 Å². The van der Waals surface area contributed by atoms with Gasteiger partial charge in [0.1, 0.15) is 6.04 Å². The van der Waals surface area contributed by atoms with E-state index in [4.69, 9.17) is 18.2 Å². The van der Waals surface area contributed by atoms with Gasteiger partial charge in [0.25, 0.3) is 17.7 Å². The number of hydrogen-bond acceptors (Lipinski definition) is 8. The Labute approximate surface area is 341 Å². The number of halogens is 1.